The Morgan fingerprint density at radius 3 is 1.28 bits per heavy atom. The van der Waals surface area contributed by atoms with Crippen LogP contribution in [0.3, 0.4) is 0 Å². The molecule has 0 radical (unpaired) electrons. The first-order valence-corrected chi connectivity index (χ1v) is 22.2. The normalized spacial score (nSPS) is 15.7. The Morgan fingerprint density at radius 2 is 0.941 bits per heavy atom. The average molecular weight is 957 g/mol. The number of hydrogen-bond acceptors (Lipinski definition) is 10. The van der Waals surface area contributed by atoms with E-state index in [0.717, 1.165) is 98.2 Å². The van der Waals surface area contributed by atoms with E-state index in [2.05, 4.69) is 30.4 Å². The molecule has 0 atom stereocenters. The molecule has 0 bridgehead atoms. The zero-order valence-corrected chi connectivity index (χ0v) is 37.5. The van der Waals surface area contributed by atoms with E-state index in [1.165, 1.54) is 24.5 Å². The maximum Gasteiger partial charge on any atom is 0.419 e. The molecule has 0 unspecified atom stereocenters. The lowest BCUT2D eigenvalue weighted by Gasteiger charge is -2.32. The van der Waals surface area contributed by atoms with Gasteiger partial charge in [-0.05, 0) is 112 Å². The number of alkyl halides is 6. The summed E-state index contributed by atoms with van der Waals surface area (Å²) in [4.78, 5) is 37.8. The monoisotopic (exact) mass is 956 g/mol. The third-order valence-corrected chi connectivity index (χ3v) is 12.4. The number of aromatic nitrogens is 4. The molecule has 8 rings (SSSR count). The van der Waals surface area contributed by atoms with E-state index in [9.17, 15) is 44.7 Å². The number of nitrogens with zero attached hydrogens (tertiary/aromatic N) is 6. The first-order chi connectivity index (χ1) is 32.5. The van der Waals surface area contributed by atoms with Gasteiger partial charge in [0, 0.05) is 63.5 Å². The van der Waals surface area contributed by atoms with Crippen molar-refractivity contribution in [3.8, 4) is 11.5 Å². The molecule has 0 spiro atoms. The van der Waals surface area contributed by atoms with Gasteiger partial charge in [0.05, 0.1) is 59.8 Å². The summed E-state index contributed by atoms with van der Waals surface area (Å²) in [6, 6.07) is 17.3. The number of fused-ring (bicyclic) bond motifs is 2. The van der Waals surface area contributed by atoms with E-state index in [1.807, 2.05) is 24.3 Å². The molecule has 0 saturated carbocycles. The van der Waals surface area contributed by atoms with Crippen LogP contribution in [-0.4, -0.2) is 94.5 Å². The van der Waals surface area contributed by atoms with Gasteiger partial charge in [0.25, 0.3) is 11.1 Å². The molecule has 364 valence electrons. The van der Waals surface area contributed by atoms with Crippen LogP contribution in [-0.2, 0) is 38.5 Å². The second-order valence-corrected chi connectivity index (χ2v) is 16.8. The molecule has 2 fully saturated rings. The van der Waals surface area contributed by atoms with Gasteiger partial charge in [0.2, 0.25) is 0 Å². The zero-order valence-electron chi connectivity index (χ0n) is 37.5. The van der Waals surface area contributed by atoms with E-state index in [0.29, 0.717) is 61.9 Å². The van der Waals surface area contributed by atoms with Gasteiger partial charge >= 0.3 is 12.4 Å². The predicted octanol–water partition coefficient (Wildman–Crippen LogP) is 7.63. The third kappa shape index (κ3) is 12.8. The number of rotatable bonds is 14. The fraction of sp³-hybridized carbons (Fsp3) is 0.417. The largest absolute Gasteiger partial charge is 0.497 e. The number of benzene rings is 4. The summed E-state index contributed by atoms with van der Waals surface area (Å²) >= 11 is 0. The van der Waals surface area contributed by atoms with Crippen molar-refractivity contribution in [1.29, 1.82) is 0 Å². The van der Waals surface area contributed by atoms with E-state index in [-0.39, 0.29) is 23.2 Å². The fourth-order valence-corrected chi connectivity index (χ4v) is 8.52. The number of likely N-dealkylation sites (tertiary alicyclic amines) is 2. The second-order valence-electron chi connectivity index (χ2n) is 16.8. The van der Waals surface area contributed by atoms with Gasteiger partial charge in [0.15, 0.2) is 0 Å². The molecule has 2 N–H and O–H groups in total. The quantitative estimate of drug-likeness (QED) is 0.106. The van der Waals surface area contributed by atoms with Crippen LogP contribution >= 0.6 is 0 Å². The summed E-state index contributed by atoms with van der Waals surface area (Å²) in [6.07, 6.45) is -3.33. The van der Waals surface area contributed by atoms with Crippen LogP contribution in [0.1, 0.15) is 47.9 Å². The van der Waals surface area contributed by atoms with Crippen LogP contribution in [0.25, 0.3) is 22.1 Å². The fourth-order valence-electron chi connectivity index (χ4n) is 8.52. The van der Waals surface area contributed by atoms with Crippen molar-refractivity contribution in [3.05, 3.63) is 140 Å². The van der Waals surface area contributed by atoms with Crippen LogP contribution in [0.2, 0.25) is 0 Å². The molecule has 4 heterocycles. The highest BCUT2D eigenvalue weighted by atomic mass is 19.4. The molecule has 0 aliphatic carbocycles. The van der Waals surface area contributed by atoms with Crippen molar-refractivity contribution in [1.82, 2.24) is 39.5 Å². The number of piperidine rings is 2. The Bertz CT molecular complexity index is 2600. The molecule has 2 aliphatic rings. The Balaban J connectivity index is 0.000000201. The predicted molar refractivity (Wildman–Crippen MR) is 241 cm³/mol. The van der Waals surface area contributed by atoms with Crippen molar-refractivity contribution >= 4 is 22.1 Å². The first kappa shape index (κ1) is 49.9. The van der Waals surface area contributed by atoms with Gasteiger partial charge in [-0.3, -0.25) is 9.59 Å². The molecule has 2 aliphatic heterocycles. The van der Waals surface area contributed by atoms with E-state index in [4.69, 9.17) is 9.47 Å². The van der Waals surface area contributed by atoms with Crippen molar-refractivity contribution in [2.75, 3.05) is 53.5 Å². The molecule has 4 aromatic carbocycles. The van der Waals surface area contributed by atoms with Gasteiger partial charge < -0.3 is 39.0 Å². The molecule has 6 aromatic rings. The molecule has 12 nitrogen and oxygen atoms in total. The number of hydrogen-bond donors (Lipinski definition) is 2. The topological polar surface area (TPSA) is 119 Å². The molecule has 2 aromatic heterocycles. The van der Waals surface area contributed by atoms with Gasteiger partial charge in [-0.1, -0.05) is 12.1 Å². The van der Waals surface area contributed by atoms with Gasteiger partial charge in [-0.2, -0.15) is 26.3 Å². The zero-order chi connectivity index (χ0) is 48.6. The van der Waals surface area contributed by atoms with Crippen molar-refractivity contribution in [3.63, 3.8) is 0 Å². The van der Waals surface area contributed by atoms with Crippen LogP contribution in [0.5, 0.6) is 11.5 Å². The Morgan fingerprint density at radius 1 is 0.559 bits per heavy atom. The second kappa shape index (κ2) is 22.0. The maximum atomic E-state index is 13.8. The molecule has 20 heteroatoms. The van der Waals surface area contributed by atoms with Crippen LogP contribution < -0.4 is 31.2 Å². The van der Waals surface area contributed by atoms with Crippen LogP contribution in [0.15, 0.2) is 94.8 Å². The number of halogens is 8. The van der Waals surface area contributed by atoms with Crippen LogP contribution in [0, 0.1) is 11.6 Å². The van der Waals surface area contributed by atoms with Crippen molar-refractivity contribution < 1.29 is 44.6 Å². The highest BCUT2D eigenvalue weighted by Crippen LogP contribution is 2.33. The minimum absolute atomic E-state index is 0.166. The average Bonchev–Trinajstić information content (AvgIpc) is 3.31. The van der Waals surface area contributed by atoms with E-state index in [1.54, 1.807) is 35.5 Å². The summed E-state index contributed by atoms with van der Waals surface area (Å²) in [5, 5.41) is 6.62. The third-order valence-electron chi connectivity index (χ3n) is 12.4. The van der Waals surface area contributed by atoms with E-state index >= 15 is 0 Å². The number of methoxy groups -OCH3 is 2. The van der Waals surface area contributed by atoms with Crippen molar-refractivity contribution in [2.24, 2.45) is 0 Å². The molecular formula is C48H52F8N8O4. The Hall–Kier alpha value is -5.96. The summed E-state index contributed by atoms with van der Waals surface area (Å²) in [7, 11) is 3.15. The Labute approximate surface area is 386 Å². The summed E-state index contributed by atoms with van der Waals surface area (Å²) in [5.41, 5.74) is 1.04. The minimum Gasteiger partial charge on any atom is -0.497 e. The highest BCUT2D eigenvalue weighted by Gasteiger charge is 2.35. The van der Waals surface area contributed by atoms with Crippen molar-refractivity contribution in [2.45, 2.75) is 76.3 Å². The minimum atomic E-state index is -4.69. The smallest absolute Gasteiger partial charge is 0.419 e. The van der Waals surface area contributed by atoms with Gasteiger partial charge in [-0.25, -0.2) is 18.7 Å². The first-order valence-electron chi connectivity index (χ1n) is 22.2. The summed E-state index contributed by atoms with van der Waals surface area (Å²) in [6.45, 7) is 6.34. The molecule has 0 amide bonds. The molecule has 68 heavy (non-hydrogen) atoms. The molecule has 2 saturated heterocycles. The molecular weight excluding hydrogens is 905 g/mol. The number of nitrogens with one attached hydrogen (secondary N) is 2. The lowest BCUT2D eigenvalue weighted by atomic mass is 10.0. The summed E-state index contributed by atoms with van der Waals surface area (Å²) < 4.78 is 118. The van der Waals surface area contributed by atoms with E-state index < -0.39 is 35.1 Å². The van der Waals surface area contributed by atoms with Gasteiger partial charge in [-0.15, -0.1) is 0 Å². The van der Waals surface area contributed by atoms with Gasteiger partial charge in [0.1, 0.15) is 23.1 Å². The maximum absolute atomic E-state index is 13.8. The SMILES string of the molecule is COc1ccc2ncc(=O)n(CCN3CCC(NCc4ccc(C(F)(F)F)c(F)c4)CC3)c2c1.COc1ccc2ncc(=O)n(CCN3CCC(NCc4ccc(C(F)(F)F)c(F)c4)CC3)c2c1. The highest BCUT2D eigenvalue weighted by molar-refractivity contribution is 5.77. The lowest BCUT2D eigenvalue weighted by Crippen LogP contribution is -2.43. The lowest BCUT2D eigenvalue weighted by molar-refractivity contribution is -0.140. The summed E-state index contributed by atoms with van der Waals surface area (Å²) in [5.74, 6) is -1.18. The number of ether oxygens (including phenoxy) is 2. The van der Waals surface area contributed by atoms with Crippen LogP contribution in [0.4, 0.5) is 35.1 Å². The Kier molecular flexibility index (Phi) is 16.1. The standard InChI is InChI=1S/2C24H26F4N4O2/c2*1-34-18-3-5-21-22(13-18)32(23(33)15-30-21)11-10-31-8-6-17(7-9-31)29-14-16-2-4-19(20(25)12-16)24(26,27)28/h2*2-5,12-13,15,17,29H,6-11,14H2,1H3.